The Morgan fingerprint density at radius 2 is 2.33 bits per heavy atom. The first-order valence-corrected chi connectivity index (χ1v) is 5.19. The van der Waals surface area contributed by atoms with Gasteiger partial charge in [0, 0.05) is 6.54 Å². The van der Waals surface area contributed by atoms with E-state index in [9.17, 15) is 4.39 Å². The molecule has 1 atom stereocenters. The first-order chi connectivity index (χ1) is 7.24. The molecule has 0 bridgehead atoms. The van der Waals surface area contributed by atoms with Gasteiger partial charge in [0.1, 0.15) is 5.82 Å². The molecule has 0 amide bonds. The van der Waals surface area contributed by atoms with E-state index in [1.807, 2.05) is 12.1 Å². The minimum Gasteiger partial charge on any atom is -0.386 e. The molecule has 0 fully saturated rings. The Hall–Kier alpha value is -1.51. The summed E-state index contributed by atoms with van der Waals surface area (Å²) in [7, 11) is 0. The van der Waals surface area contributed by atoms with E-state index in [0.29, 0.717) is 5.92 Å². The second-order valence-corrected chi connectivity index (χ2v) is 3.93. The molecule has 3 heteroatoms. The van der Waals surface area contributed by atoms with E-state index in [1.165, 1.54) is 6.07 Å². The van der Waals surface area contributed by atoms with Crippen LogP contribution in [-0.4, -0.2) is 6.54 Å². The first kappa shape index (κ1) is 10.0. The van der Waals surface area contributed by atoms with Crippen molar-refractivity contribution in [3.05, 3.63) is 47.5 Å². The Morgan fingerprint density at radius 1 is 1.47 bits per heavy atom. The molecule has 0 aromatic heterocycles. The fraction of sp³-hybridized carbons (Fsp3) is 0.333. The molecule has 0 aliphatic carbocycles. The summed E-state index contributed by atoms with van der Waals surface area (Å²) in [6.45, 7) is 0.904. The van der Waals surface area contributed by atoms with E-state index in [4.69, 9.17) is 5.73 Å². The molecule has 1 aliphatic heterocycles. The lowest BCUT2D eigenvalue weighted by molar-refractivity contribution is 0.590. The van der Waals surface area contributed by atoms with Crippen LogP contribution in [0.4, 0.5) is 4.39 Å². The normalized spacial score (nSPS) is 19.8. The second-order valence-electron chi connectivity index (χ2n) is 3.93. The molecule has 80 valence electrons. The van der Waals surface area contributed by atoms with Gasteiger partial charge in [-0.1, -0.05) is 12.1 Å². The van der Waals surface area contributed by atoms with Crippen LogP contribution in [0.25, 0.3) is 0 Å². The van der Waals surface area contributed by atoms with E-state index < -0.39 is 0 Å². The number of rotatable bonds is 3. The van der Waals surface area contributed by atoms with Crippen LogP contribution in [0.15, 0.2) is 36.2 Å². The van der Waals surface area contributed by atoms with Crippen molar-refractivity contribution < 1.29 is 4.39 Å². The highest BCUT2D eigenvalue weighted by atomic mass is 19.1. The minimum absolute atomic E-state index is 0.160. The number of aryl methyl sites for hydroxylation is 1. The van der Waals surface area contributed by atoms with Crippen LogP contribution < -0.4 is 11.1 Å². The molecule has 1 heterocycles. The summed E-state index contributed by atoms with van der Waals surface area (Å²) in [6.07, 6.45) is 3.95. The lowest BCUT2D eigenvalue weighted by Crippen LogP contribution is -2.16. The van der Waals surface area contributed by atoms with Crippen LogP contribution in [0.3, 0.4) is 0 Å². The molecule has 2 nitrogen and oxygen atoms in total. The van der Waals surface area contributed by atoms with E-state index >= 15 is 0 Å². The number of nitrogens with two attached hydrogens (primary N) is 1. The largest absolute Gasteiger partial charge is 0.386 e. The molecule has 15 heavy (non-hydrogen) atoms. The van der Waals surface area contributed by atoms with Gasteiger partial charge in [0.25, 0.3) is 0 Å². The summed E-state index contributed by atoms with van der Waals surface area (Å²) >= 11 is 0. The van der Waals surface area contributed by atoms with Crippen LogP contribution in [0.5, 0.6) is 0 Å². The van der Waals surface area contributed by atoms with Crippen molar-refractivity contribution in [1.29, 1.82) is 0 Å². The van der Waals surface area contributed by atoms with Crippen molar-refractivity contribution in [2.75, 3.05) is 6.54 Å². The molecule has 0 unspecified atom stereocenters. The van der Waals surface area contributed by atoms with E-state index in [-0.39, 0.29) is 5.82 Å². The number of hydrogen-bond acceptors (Lipinski definition) is 2. The monoisotopic (exact) mass is 206 g/mol. The van der Waals surface area contributed by atoms with Gasteiger partial charge in [-0.15, -0.1) is 0 Å². The van der Waals surface area contributed by atoms with Crippen LogP contribution in [0.2, 0.25) is 0 Å². The van der Waals surface area contributed by atoms with Gasteiger partial charge in [-0.25, -0.2) is 4.39 Å². The standard InChI is InChI=1S/C12H15FN2/c13-11-3-1-2-9(6-11)4-5-10-7-12(14)15-8-10/h1-3,6-7,10,15H,4-5,8,14H2/t10-/m0/s1. The molecule has 0 radical (unpaired) electrons. The summed E-state index contributed by atoms with van der Waals surface area (Å²) in [5.74, 6) is 1.08. The Morgan fingerprint density at radius 3 is 3.00 bits per heavy atom. The summed E-state index contributed by atoms with van der Waals surface area (Å²) in [5, 5.41) is 3.08. The summed E-state index contributed by atoms with van der Waals surface area (Å²) < 4.78 is 12.9. The third kappa shape index (κ3) is 2.72. The highest BCUT2D eigenvalue weighted by Crippen LogP contribution is 2.15. The van der Waals surface area contributed by atoms with Crippen molar-refractivity contribution in [3.63, 3.8) is 0 Å². The maximum absolute atomic E-state index is 12.9. The van der Waals surface area contributed by atoms with Crippen molar-refractivity contribution in [3.8, 4) is 0 Å². The van der Waals surface area contributed by atoms with Crippen LogP contribution >= 0.6 is 0 Å². The second kappa shape index (κ2) is 4.34. The molecule has 0 spiro atoms. The van der Waals surface area contributed by atoms with E-state index in [0.717, 1.165) is 30.8 Å². The average Bonchev–Trinajstić information content (AvgIpc) is 2.62. The van der Waals surface area contributed by atoms with Gasteiger partial charge in [-0.3, -0.25) is 0 Å². The number of benzene rings is 1. The van der Waals surface area contributed by atoms with Crippen molar-refractivity contribution in [2.24, 2.45) is 11.7 Å². The Kier molecular flexibility index (Phi) is 2.90. The maximum atomic E-state index is 12.9. The van der Waals surface area contributed by atoms with Crippen molar-refractivity contribution in [2.45, 2.75) is 12.8 Å². The molecule has 0 saturated carbocycles. The Labute approximate surface area is 89.0 Å². The molecule has 1 aliphatic rings. The Bertz CT molecular complexity index is 374. The zero-order chi connectivity index (χ0) is 10.7. The van der Waals surface area contributed by atoms with E-state index in [2.05, 4.69) is 5.32 Å². The lowest BCUT2D eigenvalue weighted by Gasteiger charge is -2.06. The fourth-order valence-corrected chi connectivity index (χ4v) is 1.85. The summed E-state index contributed by atoms with van der Waals surface area (Å²) in [6, 6.07) is 6.77. The third-order valence-electron chi connectivity index (χ3n) is 2.68. The predicted molar refractivity (Wildman–Crippen MR) is 58.5 cm³/mol. The molecule has 0 saturated heterocycles. The van der Waals surface area contributed by atoms with Gasteiger partial charge in [-0.05, 0) is 42.5 Å². The minimum atomic E-state index is -0.160. The zero-order valence-electron chi connectivity index (χ0n) is 8.54. The number of hydrogen-bond donors (Lipinski definition) is 2. The molecular weight excluding hydrogens is 191 g/mol. The van der Waals surface area contributed by atoms with E-state index in [1.54, 1.807) is 12.1 Å². The quantitative estimate of drug-likeness (QED) is 0.791. The van der Waals surface area contributed by atoms with Crippen LogP contribution in [0, 0.1) is 11.7 Å². The highest BCUT2D eigenvalue weighted by Gasteiger charge is 2.12. The molecule has 1 aromatic rings. The fourth-order valence-electron chi connectivity index (χ4n) is 1.85. The summed E-state index contributed by atoms with van der Waals surface area (Å²) in [4.78, 5) is 0. The SMILES string of the molecule is NC1=C[C@H](CCc2cccc(F)c2)CN1. The predicted octanol–water partition coefficient (Wildman–Crippen LogP) is 1.78. The van der Waals surface area contributed by atoms with Gasteiger partial charge in [-0.2, -0.15) is 0 Å². The number of halogens is 1. The van der Waals surface area contributed by atoms with Gasteiger partial charge in [0.2, 0.25) is 0 Å². The molecular formula is C12H15FN2. The zero-order valence-corrected chi connectivity index (χ0v) is 8.54. The summed E-state index contributed by atoms with van der Waals surface area (Å²) in [5.41, 5.74) is 6.66. The lowest BCUT2D eigenvalue weighted by atomic mass is 10.0. The van der Waals surface area contributed by atoms with Gasteiger partial charge in [0.15, 0.2) is 0 Å². The maximum Gasteiger partial charge on any atom is 0.123 e. The van der Waals surface area contributed by atoms with Crippen molar-refractivity contribution in [1.82, 2.24) is 5.32 Å². The van der Waals surface area contributed by atoms with Gasteiger partial charge >= 0.3 is 0 Å². The number of nitrogens with one attached hydrogen (secondary N) is 1. The van der Waals surface area contributed by atoms with Crippen LogP contribution in [-0.2, 0) is 6.42 Å². The highest BCUT2D eigenvalue weighted by molar-refractivity contribution is 5.17. The molecule has 3 N–H and O–H groups in total. The first-order valence-electron chi connectivity index (χ1n) is 5.19. The topological polar surface area (TPSA) is 38.0 Å². The van der Waals surface area contributed by atoms with Crippen LogP contribution in [0.1, 0.15) is 12.0 Å². The smallest absolute Gasteiger partial charge is 0.123 e. The average molecular weight is 206 g/mol. The Balaban J connectivity index is 1.88. The van der Waals surface area contributed by atoms with Crippen molar-refractivity contribution >= 4 is 0 Å². The van der Waals surface area contributed by atoms with Gasteiger partial charge in [0.05, 0.1) is 5.82 Å². The third-order valence-corrected chi connectivity index (χ3v) is 2.68. The molecule has 1 aromatic carbocycles. The molecule has 2 rings (SSSR count). The van der Waals surface area contributed by atoms with Gasteiger partial charge < -0.3 is 11.1 Å².